The summed E-state index contributed by atoms with van der Waals surface area (Å²) in [7, 11) is 0. The van der Waals surface area contributed by atoms with Gasteiger partial charge in [-0.15, -0.1) is 13.2 Å². The van der Waals surface area contributed by atoms with Crippen LogP contribution < -0.4 is 0 Å². The Balaban J connectivity index is 2.38. The number of carbonyl (C=O) groups excluding carboxylic acids is 1. The topological polar surface area (TPSA) is 61.8 Å². The van der Waals surface area contributed by atoms with Crippen molar-refractivity contribution in [3.63, 3.8) is 0 Å². The van der Waals surface area contributed by atoms with Crippen molar-refractivity contribution in [2.45, 2.75) is 26.0 Å². The lowest BCUT2D eigenvalue weighted by Gasteiger charge is -2.12. The summed E-state index contributed by atoms with van der Waals surface area (Å²) in [5.41, 5.74) is 0.695. The van der Waals surface area contributed by atoms with Crippen LogP contribution in [0.4, 0.5) is 13.2 Å². The monoisotopic (exact) mass is 312 g/mol. The van der Waals surface area contributed by atoms with E-state index >= 15 is 0 Å². The summed E-state index contributed by atoms with van der Waals surface area (Å²) in [6.07, 6.45) is -6.57. The third-order valence-electron chi connectivity index (χ3n) is 1.94. The zero-order chi connectivity index (χ0) is 15.2. The fourth-order valence-electron chi connectivity index (χ4n) is 1.10. The van der Waals surface area contributed by atoms with Crippen LogP contribution in [0.2, 0.25) is 0 Å². The minimum Gasteiger partial charge on any atom is -0.459 e. The second-order valence-corrected chi connectivity index (χ2v) is 4.33. The average molecular weight is 312 g/mol. The van der Waals surface area contributed by atoms with Crippen molar-refractivity contribution < 1.29 is 35.3 Å². The largest absolute Gasteiger partial charge is 0.537 e. The van der Waals surface area contributed by atoms with E-state index in [-0.39, 0.29) is 6.61 Å². The highest BCUT2D eigenvalue weighted by atomic mass is 32.2. The molecule has 112 valence electrons. The van der Waals surface area contributed by atoms with Crippen molar-refractivity contribution >= 4 is 17.3 Å². The molecule has 0 aliphatic heterocycles. The Hall–Kier alpha value is -1.45. The van der Waals surface area contributed by atoms with Crippen LogP contribution in [0.3, 0.4) is 0 Å². The van der Waals surface area contributed by atoms with Crippen molar-refractivity contribution in [1.29, 1.82) is 0 Å². The number of rotatable bonds is 6. The molecule has 0 N–H and O–H groups in total. The van der Waals surface area contributed by atoms with Gasteiger partial charge < -0.3 is 4.74 Å². The number of hydrogen-bond donors (Lipinski definition) is 0. The molecule has 0 heterocycles. The molecule has 5 nitrogen and oxygen atoms in total. The van der Waals surface area contributed by atoms with E-state index in [0.29, 0.717) is 5.56 Å². The molecule has 1 aromatic rings. The van der Waals surface area contributed by atoms with Crippen LogP contribution in [0.5, 0.6) is 0 Å². The van der Waals surface area contributed by atoms with E-state index in [9.17, 15) is 22.2 Å². The lowest BCUT2D eigenvalue weighted by Crippen LogP contribution is -2.27. The van der Waals surface area contributed by atoms with Crippen LogP contribution >= 0.6 is 0 Å². The van der Waals surface area contributed by atoms with Crippen molar-refractivity contribution in [3.05, 3.63) is 35.9 Å². The number of ether oxygens (including phenoxy) is 1. The maximum atomic E-state index is 11.7. The highest BCUT2D eigenvalue weighted by Crippen LogP contribution is 2.19. The van der Waals surface area contributed by atoms with Gasteiger partial charge in [-0.25, -0.2) is 4.79 Å². The lowest BCUT2D eigenvalue weighted by molar-refractivity contribution is -0.273. The Morgan fingerprint density at radius 3 is 2.45 bits per heavy atom. The highest BCUT2D eigenvalue weighted by molar-refractivity contribution is 7.75. The van der Waals surface area contributed by atoms with Gasteiger partial charge in [0.2, 0.25) is 0 Å². The number of benzene rings is 1. The van der Waals surface area contributed by atoms with Gasteiger partial charge in [0.15, 0.2) is 6.10 Å². The first-order valence-corrected chi connectivity index (χ1v) is 6.33. The third kappa shape index (κ3) is 6.64. The number of esters is 1. The predicted octanol–water partition coefficient (Wildman–Crippen LogP) is 2.25. The van der Waals surface area contributed by atoms with Crippen molar-refractivity contribution in [1.82, 2.24) is 0 Å². The Morgan fingerprint density at radius 2 is 1.90 bits per heavy atom. The smallest absolute Gasteiger partial charge is 0.459 e. The van der Waals surface area contributed by atoms with Gasteiger partial charge in [0.1, 0.15) is 6.61 Å². The van der Waals surface area contributed by atoms with Crippen LogP contribution in [0.1, 0.15) is 12.5 Å². The molecule has 0 saturated heterocycles. The Morgan fingerprint density at radius 1 is 1.30 bits per heavy atom. The molecule has 1 rings (SSSR count). The summed E-state index contributed by atoms with van der Waals surface area (Å²) in [5.74, 6) is -0.951. The fraction of sp³-hybridized carbons (Fsp3) is 0.364. The van der Waals surface area contributed by atoms with E-state index in [4.69, 9.17) is 4.74 Å². The molecule has 2 unspecified atom stereocenters. The van der Waals surface area contributed by atoms with E-state index in [0.717, 1.165) is 6.92 Å². The standard InChI is InChI=1S/C11H11F3O5S/c1-8(18-20(16)19-11(12,13)14)10(15)17-7-9-5-3-2-4-6-9/h2-6,8H,7H2,1H3. The van der Waals surface area contributed by atoms with Crippen LogP contribution in [0, 0.1) is 0 Å². The minimum atomic E-state index is -5.11. The second-order valence-electron chi connectivity index (χ2n) is 3.56. The molecule has 0 aliphatic rings. The zero-order valence-corrected chi connectivity index (χ0v) is 11.1. The predicted molar refractivity (Wildman–Crippen MR) is 62.1 cm³/mol. The third-order valence-corrected chi connectivity index (χ3v) is 2.71. The first kappa shape index (κ1) is 16.6. The summed E-state index contributed by atoms with van der Waals surface area (Å²) >= 11 is -3.11. The first-order chi connectivity index (χ1) is 9.28. The summed E-state index contributed by atoms with van der Waals surface area (Å²) in [4.78, 5) is 11.4. The molecule has 0 spiro atoms. The first-order valence-electron chi connectivity index (χ1n) is 5.33. The molecule has 1 aromatic carbocycles. The van der Waals surface area contributed by atoms with E-state index in [1.807, 2.05) is 0 Å². The fourth-order valence-corrected chi connectivity index (χ4v) is 1.61. The Kier molecular flexibility index (Phi) is 6.11. The quantitative estimate of drug-likeness (QED) is 0.754. The minimum absolute atomic E-state index is 0.0693. The Labute approximate surface area is 115 Å². The van der Waals surface area contributed by atoms with E-state index in [1.165, 1.54) is 0 Å². The average Bonchev–Trinajstić information content (AvgIpc) is 2.34. The second kappa shape index (κ2) is 7.36. The van der Waals surface area contributed by atoms with Crippen molar-refractivity contribution in [2.75, 3.05) is 0 Å². The van der Waals surface area contributed by atoms with Crippen LogP contribution in [0.25, 0.3) is 0 Å². The number of halogens is 3. The maximum Gasteiger partial charge on any atom is 0.537 e. The van der Waals surface area contributed by atoms with Crippen molar-refractivity contribution in [2.24, 2.45) is 0 Å². The van der Waals surface area contributed by atoms with Gasteiger partial charge in [-0.05, 0) is 12.5 Å². The van der Waals surface area contributed by atoms with Crippen LogP contribution in [-0.4, -0.2) is 22.6 Å². The van der Waals surface area contributed by atoms with Gasteiger partial charge in [0, 0.05) is 0 Å². The molecule has 0 radical (unpaired) electrons. The molecule has 2 atom stereocenters. The van der Waals surface area contributed by atoms with Crippen LogP contribution in [-0.2, 0) is 35.9 Å². The van der Waals surface area contributed by atoms with Gasteiger partial charge in [0.25, 0.3) is 0 Å². The molecular formula is C11H11F3O5S. The van der Waals surface area contributed by atoms with Gasteiger partial charge in [0.05, 0.1) is 0 Å². The van der Waals surface area contributed by atoms with Gasteiger partial charge >= 0.3 is 23.7 Å². The molecule has 9 heteroatoms. The number of alkyl halides is 3. The highest BCUT2D eigenvalue weighted by Gasteiger charge is 2.35. The maximum absolute atomic E-state index is 11.7. The summed E-state index contributed by atoms with van der Waals surface area (Å²) in [5, 5.41) is 0. The summed E-state index contributed by atoms with van der Waals surface area (Å²) < 4.78 is 58.0. The van der Waals surface area contributed by atoms with E-state index in [1.54, 1.807) is 30.3 Å². The van der Waals surface area contributed by atoms with Gasteiger partial charge in [-0.3, -0.25) is 4.18 Å². The molecule has 0 saturated carbocycles. The normalized spacial score (nSPS) is 14.6. The van der Waals surface area contributed by atoms with Gasteiger partial charge in [-0.2, -0.15) is 8.39 Å². The molecule has 0 aromatic heterocycles. The van der Waals surface area contributed by atoms with E-state index in [2.05, 4.69) is 8.37 Å². The molecule has 20 heavy (non-hydrogen) atoms. The zero-order valence-electron chi connectivity index (χ0n) is 10.3. The SMILES string of the molecule is CC(OS(=O)OC(F)(F)F)C(=O)OCc1ccccc1. The van der Waals surface area contributed by atoms with E-state index < -0.39 is 29.8 Å². The molecule has 0 fully saturated rings. The summed E-state index contributed by atoms with van der Waals surface area (Å²) in [6, 6.07) is 8.63. The molecule has 0 amide bonds. The molecule has 0 aliphatic carbocycles. The summed E-state index contributed by atoms with van der Waals surface area (Å²) in [6.45, 7) is 1.03. The van der Waals surface area contributed by atoms with Crippen molar-refractivity contribution in [3.8, 4) is 0 Å². The lowest BCUT2D eigenvalue weighted by atomic mass is 10.2. The number of carbonyl (C=O) groups is 1. The van der Waals surface area contributed by atoms with Gasteiger partial charge in [-0.1, -0.05) is 30.3 Å². The Bertz CT molecular complexity index is 463. The molecule has 0 bridgehead atoms. The van der Waals surface area contributed by atoms with Crippen LogP contribution in [0.15, 0.2) is 30.3 Å². The number of hydrogen-bond acceptors (Lipinski definition) is 5. The molecular weight excluding hydrogens is 301 g/mol.